The monoisotopic (exact) mass is 382 g/mol. The van der Waals surface area contributed by atoms with Crippen LogP contribution in [-0.4, -0.2) is 44.5 Å². The normalized spacial score (nSPS) is 12.4. The van der Waals surface area contributed by atoms with Crippen molar-refractivity contribution in [3.05, 3.63) is 35.3 Å². The molecule has 1 aromatic carbocycles. The number of benzene rings is 1. The summed E-state index contributed by atoms with van der Waals surface area (Å²) in [7, 11) is 1.35. The lowest BCUT2D eigenvalue weighted by molar-refractivity contribution is -0.136. The van der Waals surface area contributed by atoms with E-state index in [1.54, 1.807) is 0 Å². The van der Waals surface area contributed by atoms with Crippen molar-refractivity contribution in [2.45, 2.75) is 12.8 Å². The summed E-state index contributed by atoms with van der Waals surface area (Å²) in [5.41, 5.74) is 4.34. The summed E-state index contributed by atoms with van der Waals surface area (Å²) < 4.78 is 45.4. The number of halogens is 3. The highest BCUT2D eigenvalue weighted by atomic mass is 19.4. The summed E-state index contributed by atoms with van der Waals surface area (Å²) >= 11 is 0. The molecular formula is C14H13F3N8O2. The van der Waals surface area contributed by atoms with Crippen LogP contribution in [0.4, 0.5) is 13.2 Å². The summed E-state index contributed by atoms with van der Waals surface area (Å²) in [6.07, 6.45) is -4.62. The number of ether oxygens (including phenoxy) is 1. The molecule has 0 spiro atoms. The number of carbonyl (C=O) groups excluding carboxylic acids is 1. The first-order valence-corrected chi connectivity index (χ1v) is 7.41. The predicted molar refractivity (Wildman–Crippen MR) is 86.8 cm³/mol. The zero-order valence-corrected chi connectivity index (χ0v) is 13.8. The van der Waals surface area contributed by atoms with Crippen LogP contribution < -0.4 is 15.8 Å². The van der Waals surface area contributed by atoms with Gasteiger partial charge >= 0.3 is 6.18 Å². The van der Waals surface area contributed by atoms with Gasteiger partial charge in [-0.15, -0.1) is 10.2 Å². The number of aromatic nitrogens is 5. The van der Waals surface area contributed by atoms with Crippen molar-refractivity contribution in [2.24, 2.45) is 10.7 Å². The zero-order valence-electron chi connectivity index (χ0n) is 13.8. The summed E-state index contributed by atoms with van der Waals surface area (Å²) in [6, 6.07) is 3.08. The van der Waals surface area contributed by atoms with Crippen LogP contribution in [0.2, 0.25) is 0 Å². The summed E-state index contributed by atoms with van der Waals surface area (Å²) in [5.74, 6) is -0.631. The molecule has 142 valence electrons. The molecule has 0 radical (unpaired) electrons. The lowest BCUT2D eigenvalue weighted by atomic mass is 10.1. The first-order valence-electron chi connectivity index (χ1n) is 7.41. The molecule has 2 aromatic heterocycles. The van der Waals surface area contributed by atoms with Crippen LogP contribution in [0.5, 0.6) is 5.75 Å². The molecule has 5 N–H and O–H groups in total. The van der Waals surface area contributed by atoms with E-state index in [0.29, 0.717) is 0 Å². The number of hydrogen-bond donors (Lipinski definition) is 4. The van der Waals surface area contributed by atoms with Gasteiger partial charge in [-0.05, 0) is 18.2 Å². The summed E-state index contributed by atoms with van der Waals surface area (Å²) in [5, 5.41) is 15.0. The number of nitrogens with two attached hydrogens (primary N) is 1. The Labute approximate surface area is 149 Å². The largest absolute Gasteiger partial charge is 0.483 e. The average molecular weight is 382 g/mol. The van der Waals surface area contributed by atoms with Crippen molar-refractivity contribution in [2.75, 3.05) is 7.05 Å². The standard InChI is InChI=1S/C14H13F3N8O2/c1-19-13(18)21-12(26)8-4-6-7(14(15,16)17)2-3-9(11(6)20-8)27-5-10-22-24-25-23-10/h2-4,20H,5H2,1H3,(H3,18,19,21,26)(H,22,23,24,25). The highest BCUT2D eigenvalue weighted by Gasteiger charge is 2.34. The number of alkyl halides is 3. The van der Waals surface area contributed by atoms with Gasteiger partial charge in [-0.3, -0.25) is 15.1 Å². The Kier molecular flexibility index (Phi) is 4.66. The summed E-state index contributed by atoms with van der Waals surface area (Å²) in [6.45, 7) is -0.132. The van der Waals surface area contributed by atoms with Crippen LogP contribution in [0.1, 0.15) is 21.9 Å². The molecule has 10 nitrogen and oxygen atoms in total. The number of rotatable bonds is 4. The molecule has 0 aliphatic heterocycles. The molecule has 1 amide bonds. The lowest BCUT2D eigenvalue weighted by Gasteiger charge is -2.11. The number of aromatic amines is 2. The maximum atomic E-state index is 13.3. The molecule has 0 fully saturated rings. The Morgan fingerprint density at radius 2 is 2.19 bits per heavy atom. The first-order chi connectivity index (χ1) is 12.8. The number of guanidine groups is 1. The van der Waals surface area contributed by atoms with Gasteiger partial charge in [0, 0.05) is 12.4 Å². The van der Waals surface area contributed by atoms with E-state index in [9.17, 15) is 18.0 Å². The fourth-order valence-electron chi connectivity index (χ4n) is 2.31. The van der Waals surface area contributed by atoms with Crippen molar-refractivity contribution in [3.8, 4) is 5.75 Å². The molecular weight excluding hydrogens is 369 g/mol. The minimum Gasteiger partial charge on any atom is -0.483 e. The second-order valence-corrected chi connectivity index (χ2v) is 5.26. The predicted octanol–water partition coefficient (Wildman–Crippen LogP) is 0.953. The smallest absolute Gasteiger partial charge is 0.417 e. The Morgan fingerprint density at radius 3 is 2.81 bits per heavy atom. The Balaban J connectivity index is 2.02. The average Bonchev–Trinajstić information content (AvgIpc) is 3.28. The lowest BCUT2D eigenvalue weighted by Crippen LogP contribution is -2.36. The molecule has 3 aromatic rings. The van der Waals surface area contributed by atoms with Gasteiger partial charge in [0.05, 0.1) is 11.1 Å². The molecule has 0 unspecified atom stereocenters. The molecule has 0 aliphatic rings. The molecule has 0 saturated carbocycles. The van der Waals surface area contributed by atoms with Gasteiger partial charge in [0.1, 0.15) is 11.4 Å². The molecule has 0 atom stereocenters. The summed E-state index contributed by atoms with van der Waals surface area (Å²) in [4.78, 5) is 18.3. The van der Waals surface area contributed by atoms with E-state index in [2.05, 4.69) is 35.9 Å². The number of tetrazole rings is 1. The van der Waals surface area contributed by atoms with E-state index in [1.807, 2.05) is 0 Å². The van der Waals surface area contributed by atoms with Crippen LogP contribution in [0, 0.1) is 0 Å². The van der Waals surface area contributed by atoms with Crippen LogP contribution >= 0.6 is 0 Å². The maximum absolute atomic E-state index is 13.3. The van der Waals surface area contributed by atoms with Gasteiger partial charge in [-0.2, -0.15) is 18.4 Å². The zero-order chi connectivity index (χ0) is 19.6. The number of carbonyl (C=O) groups is 1. The van der Waals surface area contributed by atoms with E-state index >= 15 is 0 Å². The fourth-order valence-corrected chi connectivity index (χ4v) is 2.31. The number of fused-ring (bicyclic) bond motifs is 1. The van der Waals surface area contributed by atoms with Gasteiger partial charge in [0.15, 0.2) is 12.6 Å². The SMILES string of the molecule is CN=C(N)NC(=O)c1cc2c(C(F)(F)F)ccc(OCc3nn[nH]n3)c2[nH]1. The van der Waals surface area contributed by atoms with Gasteiger partial charge in [0.25, 0.3) is 5.91 Å². The number of nitrogens with one attached hydrogen (secondary N) is 3. The number of H-pyrrole nitrogens is 2. The molecule has 0 bridgehead atoms. The highest BCUT2D eigenvalue weighted by Crippen LogP contribution is 2.38. The fraction of sp³-hybridized carbons (Fsp3) is 0.214. The number of hydrogen-bond acceptors (Lipinski definition) is 6. The van der Waals surface area contributed by atoms with Crippen LogP contribution in [0.15, 0.2) is 23.2 Å². The highest BCUT2D eigenvalue weighted by molar-refractivity contribution is 6.07. The third-order valence-electron chi connectivity index (χ3n) is 3.53. The third-order valence-corrected chi connectivity index (χ3v) is 3.53. The Bertz CT molecular complexity index is 994. The van der Waals surface area contributed by atoms with E-state index in [1.165, 1.54) is 7.05 Å². The molecule has 13 heteroatoms. The molecule has 27 heavy (non-hydrogen) atoms. The second kappa shape index (κ2) is 6.93. The van der Waals surface area contributed by atoms with Crippen LogP contribution in [-0.2, 0) is 12.8 Å². The third kappa shape index (κ3) is 3.80. The van der Waals surface area contributed by atoms with Gasteiger partial charge in [0.2, 0.25) is 5.82 Å². The number of aliphatic imine (C=N–C) groups is 1. The number of amides is 1. The van der Waals surface area contributed by atoms with Crippen molar-refractivity contribution < 1.29 is 22.7 Å². The molecule has 0 aliphatic carbocycles. The minimum atomic E-state index is -4.62. The van der Waals surface area contributed by atoms with E-state index < -0.39 is 17.6 Å². The molecule has 2 heterocycles. The van der Waals surface area contributed by atoms with Gasteiger partial charge in [-0.25, -0.2) is 0 Å². The van der Waals surface area contributed by atoms with Crippen molar-refractivity contribution in [1.82, 2.24) is 30.9 Å². The van der Waals surface area contributed by atoms with Crippen molar-refractivity contribution in [3.63, 3.8) is 0 Å². The molecule has 0 saturated heterocycles. The van der Waals surface area contributed by atoms with Crippen molar-refractivity contribution >= 4 is 22.8 Å². The topological polar surface area (TPSA) is 147 Å². The van der Waals surface area contributed by atoms with Gasteiger partial charge < -0.3 is 15.5 Å². The Hall–Kier alpha value is -3.64. The van der Waals surface area contributed by atoms with E-state index in [-0.39, 0.29) is 40.7 Å². The van der Waals surface area contributed by atoms with Crippen molar-refractivity contribution in [1.29, 1.82) is 0 Å². The van der Waals surface area contributed by atoms with E-state index in [4.69, 9.17) is 10.5 Å². The van der Waals surface area contributed by atoms with Gasteiger partial charge in [-0.1, -0.05) is 5.21 Å². The quantitative estimate of drug-likeness (QED) is 0.390. The van der Waals surface area contributed by atoms with Crippen LogP contribution in [0.25, 0.3) is 10.9 Å². The molecule has 3 rings (SSSR count). The maximum Gasteiger partial charge on any atom is 0.417 e. The second-order valence-electron chi connectivity index (χ2n) is 5.26. The Morgan fingerprint density at radius 1 is 1.41 bits per heavy atom. The van der Waals surface area contributed by atoms with Crippen LogP contribution in [0.3, 0.4) is 0 Å². The first kappa shape index (κ1) is 18.2. The van der Waals surface area contributed by atoms with E-state index in [0.717, 1.165) is 18.2 Å². The number of nitrogens with zero attached hydrogens (tertiary/aromatic N) is 4. The minimum absolute atomic E-state index is 0.00882.